The van der Waals surface area contributed by atoms with Gasteiger partial charge in [-0.05, 0) is 41.5 Å². The van der Waals surface area contributed by atoms with Crippen molar-refractivity contribution in [2.24, 2.45) is 0 Å². The van der Waals surface area contributed by atoms with Crippen molar-refractivity contribution in [1.82, 2.24) is 10.2 Å². The second-order valence-electron chi connectivity index (χ2n) is 5.50. The first-order chi connectivity index (χ1) is 11.5. The van der Waals surface area contributed by atoms with E-state index in [4.69, 9.17) is 11.6 Å². The number of amides is 2. The lowest BCUT2D eigenvalue weighted by molar-refractivity contribution is -0.116. The largest absolute Gasteiger partial charge is 0.348 e. The highest BCUT2D eigenvalue weighted by Gasteiger charge is 2.07. The fourth-order valence-electron chi connectivity index (χ4n) is 2.05. The molecule has 2 aromatic rings. The molecule has 2 amide bonds. The van der Waals surface area contributed by atoms with Gasteiger partial charge in [-0.2, -0.15) is 0 Å². The standard InChI is InChI=1S/C19H19ClN2O2/c1-22(2)19(24)16-9-6-15(7-10-16)13-21-18(23)11-8-14-4-3-5-17(20)12-14/h3-12H,13H2,1-2H3,(H,21,23)/b11-8+. The minimum atomic E-state index is -0.191. The van der Waals surface area contributed by atoms with Crippen LogP contribution in [0.1, 0.15) is 21.5 Å². The molecular formula is C19H19ClN2O2. The van der Waals surface area contributed by atoms with Crippen molar-refractivity contribution in [2.45, 2.75) is 6.54 Å². The fraction of sp³-hybridized carbons (Fsp3) is 0.158. The number of carbonyl (C=O) groups is 2. The normalized spacial score (nSPS) is 10.6. The first kappa shape index (κ1) is 17.8. The molecule has 24 heavy (non-hydrogen) atoms. The van der Waals surface area contributed by atoms with Gasteiger partial charge in [0.25, 0.3) is 5.91 Å². The lowest BCUT2D eigenvalue weighted by atomic mass is 10.1. The van der Waals surface area contributed by atoms with Crippen molar-refractivity contribution >= 4 is 29.5 Å². The van der Waals surface area contributed by atoms with Crippen molar-refractivity contribution in [2.75, 3.05) is 14.1 Å². The smallest absolute Gasteiger partial charge is 0.253 e. The quantitative estimate of drug-likeness (QED) is 0.847. The molecule has 2 rings (SSSR count). The van der Waals surface area contributed by atoms with Crippen molar-refractivity contribution in [3.63, 3.8) is 0 Å². The maximum atomic E-state index is 11.8. The van der Waals surface area contributed by atoms with Gasteiger partial charge < -0.3 is 10.2 Å². The highest BCUT2D eigenvalue weighted by molar-refractivity contribution is 6.30. The summed E-state index contributed by atoms with van der Waals surface area (Å²) in [6.45, 7) is 0.398. The topological polar surface area (TPSA) is 49.4 Å². The maximum absolute atomic E-state index is 11.8. The van der Waals surface area contributed by atoms with E-state index in [1.165, 1.54) is 11.0 Å². The average Bonchev–Trinajstić information content (AvgIpc) is 2.58. The molecular weight excluding hydrogens is 324 g/mol. The number of hydrogen-bond acceptors (Lipinski definition) is 2. The molecule has 0 heterocycles. The molecule has 0 saturated heterocycles. The lowest BCUT2D eigenvalue weighted by Gasteiger charge is -2.10. The van der Waals surface area contributed by atoms with Gasteiger partial charge in [0.15, 0.2) is 0 Å². The van der Waals surface area contributed by atoms with E-state index in [0.717, 1.165) is 11.1 Å². The van der Waals surface area contributed by atoms with E-state index in [1.54, 1.807) is 44.4 Å². The van der Waals surface area contributed by atoms with Crippen LogP contribution >= 0.6 is 11.6 Å². The Labute approximate surface area is 146 Å². The highest BCUT2D eigenvalue weighted by Crippen LogP contribution is 2.11. The molecule has 4 nitrogen and oxygen atoms in total. The number of nitrogens with zero attached hydrogens (tertiary/aromatic N) is 1. The molecule has 0 aliphatic rings. The number of benzene rings is 2. The first-order valence-corrected chi connectivity index (χ1v) is 7.85. The molecule has 0 unspecified atom stereocenters. The van der Waals surface area contributed by atoms with Gasteiger partial charge in [-0.15, -0.1) is 0 Å². The Hall–Kier alpha value is -2.59. The third-order valence-electron chi connectivity index (χ3n) is 3.35. The van der Waals surface area contributed by atoms with Gasteiger partial charge >= 0.3 is 0 Å². The van der Waals surface area contributed by atoms with E-state index in [2.05, 4.69) is 5.32 Å². The molecule has 1 N–H and O–H groups in total. The molecule has 0 saturated carbocycles. The Kier molecular flexibility index (Phi) is 6.15. The monoisotopic (exact) mass is 342 g/mol. The van der Waals surface area contributed by atoms with Gasteiger partial charge in [0.1, 0.15) is 0 Å². The number of rotatable bonds is 5. The Bertz CT molecular complexity index is 752. The first-order valence-electron chi connectivity index (χ1n) is 7.48. The maximum Gasteiger partial charge on any atom is 0.253 e. The van der Waals surface area contributed by atoms with E-state index in [0.29, 0.717) is 17.1 Å². The second kappa shape index (κ2) is 8.31. The van der Waals surface area contributed by atoms with Crippen LogP contribution in [-0.4, -0.2) is 30.8 Å². The average molecular weight is 343 g/mol. The van der Waals surface area contributed by atoms with Crippen LogP contribution in [0.25, 0.3) is 6.08 Å². The van der Waals surface area contributed by atoms with Crippen molar-refractivity contribution in [3.05, 3.63) is 76.3 Å². The van der Waals surface area contributed by atoms with Gasteiger partial charge in [-0.1, -0.05) is 35.9 Å². The number of hydrogen-bond donors (Lipinski definition) is 1. The Morgan fingerprint density at radius 3 is 2.46 bits per heavy atom. The van der Waals surface area contributed by atoms with Gasteiger partial charge in [0.2, 0.25) is 5.91 Å². The molecule has 0 aliphatic heterocycles. The summed E-state index contributed by atoms with van der Waals surface area (Å²) in [4.78, 5) is 25.2. The van der Waals surface area contributed by atoms with Gasteiger partial charge in [-0.3, -0.25) is 9.59 Å². The fourth-order valence-corrected chi connectivity index (χ4v) is 2.25. The van der Waals surface area contributed by atoms with E-state index in [1.807, 2.05) is 24.3 Å². The zero-order valence-corrected chi connectivity index (χ0v) is 14.4. The molecule has 5 heteroatoms. The minimum absolute atomic E-state index is 0.0463. The summed E-state index contributed by atoms with van der Waals surface area (Å²) in [5, 5.41) is 3.43. The van der Waals surface area contributed by atoms with E-state index < -0.39 is 0 Å². The van der Waals surface area contributed by atoms with E-state index in [-0.39, 0.29) is 11.8 Å². The second-order valence-corrected chi connectivity index (χ2v) is 5.94. The lowest BCUT2D eigenvalue weighted by Crippen LogP contribution is -2.22. The molecule has 0 radical (unpaired) electrons. The SMILES string of the molecule is CN(C)C(=O)c1ccc(CNC(=O)/C=C/c2cccc(Cl)c2)cc1. The Balaban J connectivity index is 1.88. The number of halogens is 1. The minimum Gasteiger partial charge on any atom is -0.348 e. The highest BCUT2D eigenvalue weighted by atomic mass is 35.5. The summed E-state index contributed by atoms with van der Waals surface area (Å²) in [6, 6.07) is 14.4. The predicted molar refractivity (Wildman–Crippen MR) is 96.8 cm³/mol. The summed E-state index contributed by atoms with van der Waals surface area (Å²) in [5.74, 6) is -0.238. The zero-order valence-electron chi connectivity index (χ0n) is 13.6. The summed E-state index contributed by atoms with van der Waals surface area (Å²) in [5.41, 5.74) is 2.41. The molecule has 0 atom stereocenters. The van der Waals surface area contributed by atoms with Crippen LogP contribution in [-0.2, 0) is 11.3 Å². The molecule has 0 aromatic heterocycles. The van der Waals surface area contributed by atoms with Crippen LogP contribution < -0.4 is 5.32 Å². The van der Waals surface area contributed by atoms with Crippen LogP contribution in [0.3, 0.4) is 0 Å². The van der Waals surface area contributed by atoms with Gasteiger partial charge in [0.05, 0.1) is 0 Å². The third kappa shape index (κ3) is 5.25. The van der Waals surface area contributed by atoms with Gasteiger partial charge in [0, 0.05) is 37.3 Å². The molecule has 2 aromatic carbocycles. The molecule has 124 valence electrons. The molecule has 0 aliphatic carbocycles. The summed E-state index contributed by atoms with van der Waals surface area (Å²) >= 11 is 5.89. The van der Waals surface area contributed by atoms with Gasteiger partial charge in [-0.25, -0.2) is 0 Å². The van der Waals surface area contributed by atoms with Crippen molar-refractivity contribution in [3.8, 4) is 0 Å². The summed E-state index contributed by atoms with van der Waals surface area (Å²) < 4.78 is 0. The Morgan fingerprint density at radius 1 is 1.12 bits per heavy atom. The van der Waals surface area contributed by atoms with Crippen LogP contribution in [0.5, 0.6) is 0 Å². The third-order valence-corrected chi connectivity index (χ3v) is 3.58. The molecule has 0 fully saturated rings. The van der Waals surface area contributed by atoms with Crippen molar-refractivity contribution < 1.29 is 9.59 Å². The zero-order chi connectivity index (χ0) is 17.5. The van der Waals surface area contributed by atoms with Crippen molar-refractivity contribution in [1.29, 1.82) is 0 Å². The summed E-state index contributed by atoms with van der Waals surface area (Å²) in [7, 11) is 3.42. The van der Waals surface area contributed by atoms with Crippen LogP contribution in [0, 0.1) is 0 Å². The van der Waals surface area contributed by atoms with Crippen LogP contribution in [0.4, 0.5) is 0 Å². The van der Waals surface area contributed by atoms with E-state index in [9.17, 15) is 9.59 Å². The van der Waals surface area contributed by atoms with Crippen LogP contribution in [0.2, 0.25) is 5.02 Å². The number of carbonyl (C=O) groups excluding carboxylic acids is 2. The number of nitrogens with one attached hydrogen (secondary N) is 1. The van der Waals surface area contributed by atoms with E-state index >= 15 is 0 Å². The molecule has 0 spiro atoms. The Morgan fingerprint density at radius 2 is 1.83 bits per heavy atom. The predicted octanol–water partition coefficient (Wildman–Crippen LogP) is 3.37. The van der Waals surface area contributed by atoms with Crippen LogP contribution in [0.15, 0.2) is 54.6 Å². The summed E-state index contributed by atoms with van der Waals surface area (Å²) in [6.07, 6.45) is 3.18. The molecule has 0 bridgehead atoms.